The van der Waals surface area contributed by atoms with Crippen LogP contribution in [0.2, 0.25) is 0 Å². The van der Waals surface area contributed by atoms with E-state index in [4.69, 9.17) is 4.74 Å². The van der Waals surface area contributed by atoms with Gasteiger partial charge in [-0.2, -0.15) is 8.78 Å². The lowest BCUT2D eigenvalue weighted by Crippen LogP contribution is -2.30. The molecule has 0 aliphatic heterocycles. The maximum Gasteiger partial charge on any atom is 0.387 e. The van der Waals surface area contributed by atoms with E-state index in [2.05, 4.69) is 15.0 Å². The number of halogens is 2. The van der Waals surface area contributed by atoms with Gasteiger partial charge < -0.3 is 19.8 Å². The topological polar surface area (TPSA) is 80.4 Å². The minimum Gasteiger partial charge on any atom is -0.456 e. The molecule has 1 aromatic heterocycles. The van der Waals surface area contributed by atoms with Crippen LogP contribution < -0.4 is 10.1 Å². The number of hydrogen-bond donors (Lipinski definition) is 2. The van der Waals surface area contributed by atoms with Crippen LogP contribution in [-0.2, 0) is 27.2 Å². The van der Waals surface area contributed by atoms with Crippen LogP contribution in [0.4, 0.5) is 8.78 Å². The first-order chi connectivity index (χ1) is 14.5. The number of benzene rings is 2. The number of fused-ring (bicyclic) bond motifs is 1. The quantitative estimate of drug-likeness (QED) is 0.495. The third-order valence-electron chi connectivity index (χ3n) is 4.52. The maximum atomic E-state index is 12.1. The second-order valence-corrected chi connectivity index (χ2v) is 6.64. The summed E-state index contributed by atoms with van der Waals surface area (Å²) in [4.78, 5) is 26.9. The summed E-state index contributed by atoms with van der Waals surface area (Å²) < 4.78 is 33.5. The molecule has 0 fully saturated rings. The number of esters is 1. The van der Waals surface area contributed by atoms with Crippen LogP contribution in [0.15, 0.2) is 54.7 Å². The van der Waals surface area contributed by atoms with E-state index in [0.717, 1.165) is 22.0 Å². The Kier molecular flexibility index (Phi) is 7.37. The number of H-pyrrole nitrogens is 1. The van der Waals surface area contributed by atoms with Gasteiger partial charge in [0.25, 0.3) is 5.91 Å². The van der Waals surface area contributed by atoms with E-state index in [9.17, 15) is 18.4 Å². The summed E-state index contributed by atoms with van der Waals surface area (Å²) >= 11 is 0. The van der Waals surface area contributed by atoms with Gasteiger partial charge in [-0.25, -0.2) is 0 Å². The molecule has 6 nitrogen and oxygen atoms in total. The molecule has 3 aromatic rings. The highest BCUT2D eigenvalue weighted by Crippen LogP contribution is 2.19. The molecule has 0 atom stereocenters. The fourth-order valence-electron chi connectivity index (χ4n) is 3.03. The number of rotatable bonds is 10. The zero-order chi connectivity index (χ0) is 21.3. The molecule has 2 N–H and O–H groups in total. The van der Waals surface area contributed by atoms with E-state index in [1.165, 1.54) is 12.1 Å². The Morgan fingerprint density at radius 1 is 1.03 bits per heavy atom. The number of carbonyl (C=O) groups excluding carboxylic acids is 2. The van der Waals surface area contributed by atoms with Gasteiger partial charge in [0, 0.05) is 30.1 Å². The number of aromatic nitrogens is 1. The Morgan fingerprint density at radius 3 is 2.57 bits per heavy atom. The second-order valence-electron chi connectivity index (χ2n) is 6.64. The van der Waals surface area contributed by atoms with Crippen molar-refractivity contribution >= 4 is 22.8 Å². The molecule has 1 amide bonds. The summed E-state index contributed by atoms with van der Waals surface area (Å²) in [5.74, 6) is -0.754. The number of aryl methyl sites for hydroxylation is 1. The maximum absolute atomic E-state index is 12.1. The number of alkyl halides is 2. The lowest BCUT2D eigenvalue weighted by atomic mass is 10.1. The summed E-state index contributed by atoms with van der Waals surface area (Å²) in [5, 5.41) is 3.72. The molecule has 0 saturated heterocycles. The van der Waals surface area contributed by atoms with Crippen LogP contribution in [0, 0.1) is 0 Å². The van der Waals surface area contributed by atoms with Crippen LogP contribution in [0.5, 0.6) is 5.75 Å². The van der Waals surface area contributed by atoms with Crippen LogP contribution in [0.25, 0.3) is 10.9 Å². The largest absolute Gasteiger partial charge is 0.456 e. The minimum absolute atomic E-state index is 0.0809. The van der Waals surface area contributed by atoms with Gasteiger partial charge in [-0.05, 0) is 42.2 Å². The highest BCUT2D eigenvalue weighted by molar-refractivity contribution is 5.84. The van der Waals surface area contributed by atoms with Gasteiger partial charge in [-0.1, -0.05) is 30.3 Å². The molecular weight excluding hydrogens is 394 g/mol. The Labute approximate surface area is 172 Å². The molecule has 0 aliphatic rings. The van der Waals surface area contributed by atoms with E-state index < -0.39 is 18.5 Å². The van der Waals surface area contributed by atoms with E-state index in [1.807, 2.05) is 30.5 Å². The van der Waals surface area contributed by atoms with Crippen LogP contribution in [-0.4, -0.2) is 36.6 Å². The van der Waals surface area contributed by atoms with Gasteiger partial charge in [0.2, 0.25) is 0 Å². The zero-order valence-electron chi connectivity index (χ0n) is 16.2. The first kappa shape index (κ1) is 21.3. The molecule has 0 spiro atoms. The summed E-state index contributed by atoms with van der Waals surface area (Å²) in [6.45, 7) is -2.87. The van der Waals surface area contributed by atoms with Crippen molar-refractivity contribution in [2.45, 2.75) is 25.9 Å². The molecule has 0 bridgehead atoms. The average molecular weight is 416 g/mol. The average Bonchev–Trinajstić information content (AvgIpc) is 3.15. The first-order valence-electron chi connectivity index (χ1n) is 9.52. The van der Waals surface area contributed by atoms with Gasteiger partial charge >= 0.3 is 12.6 Å². The van der Waals surface area contributed by atoms with E-state index in [0.29, 0.717) is 19.4 Å². The van der Waals surface area contributed by atoms with Gasteiger partial charge in [0.1, 0.15) is 5.75 Å². The molecular formula is C22H22F2N2O4. The van der Waals surface area contributed by atoms with E-state index >= 15 is 0 Å². The van der Waals surface area contributed by atoms with Crippen molar-refractivity contribution in [1.29, 1.82) is 0 Å². The van der Waals surface area contributed by atoms with Crippen LogP contribution in [0.3, 0.4) is 0 Å². The SMILES string of the molecule is O=C(COC(=O)CCc1c[nH]c2ccccc12)NCCc1ccc(OC(F)F)cc1. The lowest BCUT2D eigenvalue weighted by Gasteiger charge is -2.08. The van der Waals surface area contributed by atoms with E-state index in [-0.39, 0.29) is 18.8 Å². The third kappa shape index (κ3) is 6.30. The molecule has 0 unspecified atom stereocenters. The summed E-state index contributed by atoms with van der Waals surface area (Å²) in [6, 6.07) is 14.0. The molecule has 0 saturated carbocycles. The molecule has 0 aliphatic carbocycles. The molecule has 1 heterocycles. The molecule has 3 rings (SSSR count). The van der Waals surface area contributed by atoms with Crippen molar-refractivity contribution in [3.8, 4) is 5.75 Å². The summed E-state index contributed by atoms with van der Waals surface area (Å²) in [5.41, 5.74) is 2.89. The molecule has 8 heteroatoms. The predicted octanol–water partition coefficient (Wildman–Crippen LogP) is 3.60. The molecule has 30 heavy (non-hydrogen) atoms. The van der Waals surface area contributed by atoms with Gasteiger partial charge in [-0.15, -0.1) is 0 Å². The van der Waals surface area contributed by atoms with Crippen molar-refractivity contribution in [3.63, 3.8) is 0 Å². The van der Waals surface area contributed by atoms with Crippen molar-refractivity contribution in [2.24, 2.45) is 0 Å². The third-order valence-corrected chi connectivity index (χ3v) is 4.52. The predicted molar refractivity (Wildman–Crippen MR) is 107 cm³/mol. The first-order valence-corrected chi connectivity index (χ1v) is 9.52. The van der Waals surface area contributed by atoms with Crippen molar-refractivity contribution in [1.82, 2.24) is 10.3 Å². The number of ether oxygens (including phenoxy) is 2. The fourth-order valence-corrected chi connectivity index (χ4v) is 3.03. The normalized spacial score (nSPS) is 10.9. The number of amides is 1. The zero-order valence-corrected chi connectivity index (χ0v) is 16.2. The monoisotopic (exact) mass is 416 g/mol. The van der Waals surface area contributed by atoms with Gasteiger partial charge in [0.15, 0.2) is 6.61 Å². The number of aromatic amines is 1. The van der Waals surface area contributed by atoms with Crippen molar-refractivity contribution < 1.29 is 27.8 Å². The van der Waals surface area contributed by atoms with E-state index in [1.54, 1.807) is 12.1 Å². The number of carbonyl (C=O) groups is 2. The minimum atomic E-state index is -2.86. The Balaban J connectivity index is 1.32. The summed E-state index contributed by atoms with van der Waals surface area (Å²) in [6.07, 6.45) is 3.09. The number of hydrogen-bond acceptors (Lipinski definition) is 4. The summed E-state index contributed by atoms with van der Waals surface area (Å²) in [7, 11) is 0. The van der Waals surface area contributed by atoms with Gasteiger partial charge in [-0.3, -0.25) is 9.59 Å². The van der Waals surface area contributed by atoms with Crippen LogP contribution in [0.1, 0.15) is 17.5 Å². The van der Waals surface area contributed by atoms with Gasteiger partial charge in [0.05, 0.1) is 0 Å². The highest BCUT2D eigenvalue weighted by Gasteiger charge is 2.10. The van der Waals surface area contributed by atoms with Crippen molar-refractivity contribution in [2.75, 3.05) is 13.2 Å². The fraction of sp³-hybridized carbons (Fsp3) is 0.273. The molecule has 158 valence electrons. The Bertz CT molecular complexity index is 986. The van der Waals surface area contributed by atoms with Crippen LogP contribution >= 0.6 is 0 Å². The smallest absolute Gasteiger partial charge is 0.387 e. The number of para-hydroxylation sites is 1. The second kappa shape index (κ2) is 10.4. The number of nitrogens with one attached hydrogen (secondary N) is 2. The Morgan fingerprint density at radius 2 is 1.80 bits per heavy atom. The lowest BCUT2D eigenvalue weighted by molar-refractivity contribution is -0.148. The highest BCUT2D eigenvalue weighted by atomic mass is 19.3. The molecule has 2 aromatic carbocycles. The molecule has 0 radical (unpaired) electrons. The van der Waals surface area contributed by atoms with Crippen molar-refractivity contribution in [3.05, 3.63) is 65.9 Å². The Hall–Kier alpha value is -3.42. The standard InChI is InChI=1S/C22H22F2N2O4/c23-22(24)30-17-8-5-15(6-9-17)11-12-25-20(27)14-29-21(28)10-7-16-13-26-19-4-2-1-3-18(16)19/h1-6,8-9,13,22,26H,7,10-12,14H2,(H,25,27).